The highest BCUT2D eigenvalue weighted by molar-refractivity contribution is 7.89. The van der Waals surface area contributed by atoms with Gasteiger partial charge in [-0.3, -0.25) is 9.59 Å². The van der Waals surface area contributed by atoms with Crippen molar-refractivity contribution in [2.45, 2.75) is 18.2 Å². The predicted octanol–water partition coefficient (Wildman–Crippen LogP) is 2.75. The molecule has 2 amide bonds. The molecular weight excluding hydrogens is 439 g/mol. The number of carbonyl (C=O) groups is 2. The lowest BCUT2D eigenvalue weighted by molar-refractivity contribution is -0.121. The Morgan fingerprint density at radius 2 is 1.86 bits per heavy atom. The van der Waals surface area contributed by atoms with Gasteiger partial charge >= 0.3 is 0 Å². The number of nitrogens with zero attached hydrogens (tertiary/aromatic N) is 1. The Morgan fingerprint density at radius 1 is 1.21 bits per heavy atom. The molecule has 0 fully saturated rings. The van der Waals surface area contributed by atoms with Crippen LogP contribution in [-0.2, 0) is 14.8 Å². The number of benzene rings is 2. The molecule has 3 rings (SSSR count). The summed E-state index contributed by atoms with van der Waals surface area (Å²) in [4.78, 5) is 23.4. The van der Waals surface area contributed by atoms with Crippen LogP contribution in [0.4, 0.5) is 5.69 Å². The lowest BCUT2D eigenvalue weighted by atomic mass is 9.94. The number of primary sulfonamides is 1. The molecule has 0 aromatic heterocycles. The fraction of sp³-hybridized carbons (Fsp3) is 0.167. The summed E-state index contributed by atoms with van der Waals surface area (Å²) in [6, 6.07) is 9.36. The van der Waals surface area contributed by atoms with Crippen LogP contribution in [0.5, 0.6) is 0 Å². The van der Waals surface area contributed by atoms with E-state index >= 15 is 0 Å². The molecule has 1 aliphatic rings. The number of halogens is 2. The Labute approximate surface area is 177 Å². The molecule has 2 aromatic rings. The van der Waals surface area contributed by atoms with Crippen LogP contribution in [0.1, 0.15) is 29.3 Å². The Hall–Kier alpha value is -2.46. The van der Waals surface area contributed by atoms with Crippen molar-refractivity contribution in [1.82, 2.24) is 5.43 Å². The van der Waals surface area contributed by atoms with E-state index in [0.717, 1.165) is 11.3 Å². The van der Waals surface area contributed by atoms with Crippen molar-refractivity contribution in [2.24, 2.45) is 16.2 Å². The monoisotopic (exact) mass is 454 g/mol. The van der Waals surface area contributed by atoms with E-state index in [9.17, 15) is 18.0 Å². The van der Waals surface area contributed by atoms with E-state index in [0.29, 0.717) is 12.1 Å². The fourth-order valence-electron chi connectivity index (χ4n) is 2.89. The highest BCUT2D eigenvalue weighted by Gasteiger charge is 2.24. The average Bonchev–Trinajstić information content (AvgIpc) is 2.61. The molecule has 11 heteroatoms. The summed E-state index contributed by atoms with van der Waals surface area (Å²) >= 11 is 11.9. The second-order valence-corrected chi connectivity index (χ2v) is 8.74. The van der Waals surface area contributed by atoms with Gasteiger partial charge in [0.1, 0.15) is 4.90 Å². The quantitative estimate of drug-likeness (QED) is 0.654. The molecule has 152 valence electrons. The molecule has 1 aliphatic heterocycles. The van der Waals surface area contributed by atoms with Crippen LogP contribution in [0.3, 0.4) is 0 Å². The van der Waals surface area contributed by atoms with Crippen LogP contribution < -0.4 is 15.9 Å². The van der Waals surface area contributed by atoms with Gasteiger partial charge in [-0.05, 0) is 29.8 Å². The Morgan fingerprint density at radius 3 is 2.45 bits per heavy atom. The van der Waals surface area contributed by atoms with Crippen molar-refractivity contribution >= 4 is 56.4 Å². The third-order valence-corrected chi connectivity index (χ3v) is 6.20. The maximum atomic E-state index is 12.6. The maximum absolute atomic E-state index is 12.6. The summed E-state index contributed by atoms with van der Waals surface area (Å²) in [5.41, 5.74) is 4.36. The molecule has 8 nitrogen and oxygen atoms in total. The van der Waals surface area contributed by atoms with Crippen LogP contribution in [0.25, 0.3) is 0 Å². The summed E-state index contributed by atoms with van der Waals surface area (Å²) in [6.45, 7) is 1.90. The zero-order valence-electron chi connectivity index (χ0n) is 15.1. The summed E-state index contributed by atoms with van der Waals surface area (Å²) < 4.78 is 23.4. The molecule has 0 saturated heterocycles. The van der Waals surface area contributed by atoms with Crippen LogP contribution in [0, 0.1) is 5.92 Å². The second kappa shape index (κ2) is 8.11. The number of carbonyl (C=O) groups excluding carboxylic acids is 2. The molecular formula is C18H16Cl2N4O4S. The Bertz CT molecular complexity index is 1130. The number of hydrazone groups is 1. The average molecular weight is 455 g/mol. The topological polar surface area (TPSA) is 131 Å². The number of hydrogen-bond acceptors (Lipinski definition) is 5. The SMILES string of the molecule is CC1CC(=O)NN=C1c1ccc(NC(=O)c2ccc(Cl)c(S(N)(=O)=O)c2Cl)cc1. The summed E-state index contributed by atoms with van der Waals surface area (Å²) in [5.74, 6) is -0.794. The van der Waals surface area contributed by atoms with Crippen LogP contribution in [0.15, 0.2) is 46.4 Å². The van der Waals surface area contributed by atoms with Crippen LogP contribution in [0.2, 0.25) is 10.0 Å². The van der Waals surface area contributed by atoms with Gasteiger partial charge in [-0.15, -0.1) is 0 Å². The van der Waals surface area contributed by atoms with Crippen molar-refractivity contribution in [1.29, 1.82) is 0 Å². The highest BCUT2D eigenvalue weighted by Crippen LogP contribution is 2.32. The molecule has 1 atom stereocenters. The third kappa shape index (κ3) is 4.59. The van der Waals surface area contributed by atoms with Gasteiger partial charge in [0.2, 0.25) is 15.9 Å². The third-order valence-electron chi connectivity index (χ3n) is 4.28. The van der Waals surface area contributed by atoms with Crippen molar-refractivity contribution in [2.75, 3.05) is 5.32 Å². The van der Waals surface area contributed by atoms with Crippen LogP contribution in [-0.4, -0.2) is 25.9 Å². The zero-order valence-corrected chi connectivity index (χ0v) is 17.4. The number of amides is 2. The molecule has 0 saturated carbocycles. The number of anilines is 1. The van der Waals surface area contributed by atoms with E-state index in [-0.39, 0.29) is 27.4 Å². The van der Waals surface area contributed by atoms with E-state index in [1.807, 2.05) is 6.92 Å². The maximum Gasteiger partial charge on any atom is 0.257 e. The fourth-order valence-corrected chi connectivity index (χ4v) is 4.69. The second-order valence-electron chi connectivity index (χ2n) is 6.45. The number of hydrogen-bond donors (Lipinski definition) is 3. The number of sulfonamides is 1. The molecule has 1 unspecified atom stereocenters. The number of rotatable bonds is 4. The van der Waals surface area contributed by atoms with Crippen molar-refractivity contribution in [3.63, 3.8) is 0 Å². The molecule has 0 radical (unpaired) electrons. The minimum Gasteiger partial charge on any atom is -0.322 e. The molecule has 4 N–H and O–H groups in total. The summed E-state index contributed by atoms with van der Waals surface area (Å²) in [6.07, 6.45) is 0.346. The zero-order chi connectivity index (χ0) is 21.3. The highest BCUT2D eigenvalue weighted by atomic mass is 35.5. The van der Waals surface area contributed by atoms with E-state index in [4.69, 9.17) is 28.3 Å². The standard InChI is InChI=1S/C18H16Cl2N4O4S/c1-9-8-14(25)23-24-16(9)10-2-4-11(5-3-10)22-18(26)12-6-7-13(19)17(15(12)20)29(21,27)28/h2-7,9H,8H2,1H3,(H,22,26)(H,23,25)(H2,21,27,28). The van der Waals surface area contributed by atoms with Gasteiger partial charge in [0, 0.05) is 18.0 Å². The molecule has 0 aliphatic carbocycles. The van der Waals surface area contributed by atoms with Crippen molar-refractivity contribution < 1.29 is 18.0 Å². The minimum absolute atomic E-state index is 0.0336. The largest absolute Gasteiger partial charge is 0.322 e. The number of nitrogens with two attached hydrogens (primary N) is 1. The van der Waals surface area contributed by atoms with Crippen molar-refractivity contribution in [3.05, 3.63) is 57.6 Å². The normalized spacial score (nSPS) is 16.8. The molecule has 0 bridgehead atoms. The number of nitrogens with one attached hydrogen (secondary N) is 2. The van der Waals surface area contributed by atoms with Gasteiger partial charge in [0.25, 0.3) is 5.91 Å². The lowest BCUT2D eigenvalue weighted by Crippen LogP contribution is -2.31. The Kier molecular flexibility index (Phi) is 5.95. The predicted molar refractivity (Wildman–Crippen MR) is 111 cm³/mol. The smallest absolute Gasteiger partial charge is 0.257 e. The molecule has 0 spiro atoms. The first kappa shape index (κ1) is 21.3. The lowest BCUT2D eigenvalue weighted by Gasteiger charge is -2.19. The minimum atomic E-state index is -4.21. The first-order valence-electron chi connectivity index (χ1n) is 8.37. The van der Waals surface area contributed by atoms with Gasteiger partial charge in [-0.2, -0.15) is 5.10 Å². The molecule has 2 aromatic carbocycles. The first-order valence-corrected chi connectivity index (χ1v) is 10.7. The summed E-state index contributed by atoms with van der Waals surface area (Å²) in [5, 5.41) is 11.3. The van der Waals surface area contributed by atoms with E-state index in [1.54, 1.807) is 24.3 Å². The molecule has 1 heterocycles. The van der Waals surface area contributed by atoms with Gasteiger partial charge < -0.3 is 5.32 Å². The summed E-state index contributed by atoms with van der Waals surface area (Å²) in [7, 11) is -4.21. The van der Waals surface area contributed by atoms with E-state index in [1.165, 1.54) is 12.1 Å². The van der Waals surface area contributed by atoms with Gasteiger partial charge in [0.15, 0.2) is 0 Å². The van der Waals surface area contributed by atoms with E-state index in [2.05, 4.69) is 15.8 Å². The van der Waals surface area contributed by atoms with E-state index < -0.39 is 20.8 Å². The van der Waals surface area contributed by atoms with Crippen molar-refractivity contribution in [3.8, 4) is 0 Å². The van der Waals surface area contributed by atoms with Gasteiger partial charge in [0.05, 0.1) is 21.3 Å². The first-order chi connectivity index (χ1) is 13.6. The molecule has 29 heavy (non-hydrogen) atoms. The Balaban J connectivity index is 1.83. The van der Waals surface area contributed by atoms with Gasteiger partial charge in [-0.25, -0.2) is 19.0 Å². The van der Waals surface area contributed by atoms with Gasteiger partial charge in [-0.1, -0.05) is 42.3 Å². The van der Waals surface area contributed by atoms with Crippen LogP contribution >= 0.6 is 23.2 Å².